The standard InChI is InChI=1S/C17H24O3/c1-3-20-17(18)12-14-7-4-5-10-16(14)13-8-6-9-15(11-13)19-2/h6,8-9,11,14,16H,3-5,7,10,12H2,1-2H3/t14-,16+/m1/s1. The number of rotatable bonds is 5. The van der Waals surface area contributed by atoms with E-state index in [1.165, 1.54) is 18.4 Å². The van der Waals surface area contributed by atoms with E-state index in [0.717, 1.165) is 18.6 Å². The Balaban J connectivity index is 2.11. The van der Waals surface area contributed by atoms with Crippen LogP contribution in [0.15, 0.2) is 24.3 Å². The molecule has 1 saturated carbocycles. The van der Waals surface area contributed by atoms with Crippen molar-refractivity contribution in [2.24, 2.45) is 5.92 Å². The summed E-state index contributed by atoms with van der Waals surface area (Å²) in [5.41, 5.74) is 1.29. The molecule has 0 heterocycles. The molecule has 0 radical (unpaired) electrons. The van der Waals surface area contributed by atoms with Crippen LogP contribution in [0.5, 0.6) is 5.75 Å². The van der Waals surface area contributed by atoms with Crippen molar-refractivity contribution in [3.05, 3.63) is 29.8 Å². The van der Waals surface area contributed by atoms with Crippen LogP contribution in [0.1, 0.15) is 50.5 Å². The number of ether oxygens (including phenoxy) is 2. The summed E-state index contributed by atoms with van der Waals surface area (Å²) < 4.78 is 10.4. The van der Waals surface area contributed by atoms with Gasteiger partial charge in [-0.1, -0.05) is 25.0 Å². The van der Waals surface area contributed by atoms with Crippen molar-refractivity contribution in [2.45, 2.75) is 44.9 Å². The Kier molecular flexibility index (Phi) is 5.45. The topological polar surface area (TPSA) is 35.5 Å². The van der Waals surface area contributed by atoms with Crippen LogP contribution in [0.4, 0.5) is 0 Å². The highest BCUT2D eigenvalue weighted by Crippen LogP contribution is 2.40. The molecule has 1 aliphatic rings. The first kappa shape index (κ1) is 14.9. The van der Waals surface area contributed by atoms with Gasteiger partial charge in [-0.15, -0.1) is 0 Å². The maximum absolute atomic E-state index is 11.8. The van der Waals surface area contributed by atoms with Crippen LogP contribution in [-0.4, -0.2) is 19.7 Å². The molecular formula is C17H24O3. The van der Waals surface area contributed by atoms with E-state index in [4.69, 9.17) is 9.47 Å². The Morgan fingerprint density at radius 1 is 1.30 bits per heavy atom. The number of carbonyl (C=O) groups is 1. The summed E-state index contributed by atoms with van der Waals surface area (Å²) in [5, 5.41) is 0. The molecule has 0 aliphatic heterocycles. The molecule has 0 bridgehead atoms. The highest BCUT2D eigenvalue weighted by Gasteiger charge is 2.28. The molecule has 20 heavy (non-hydrogen) atoms. The van der Waals surface area contributed by atoms with E-state index in [-0.39, 0.29) is 5.97 Å². The Morgan fingerprint density at radius 2 is 2.10 bits per heavy atom. The molecule has 1 aromatic rings. The lowest BCUT2D eigenvalue weighted by Crippen LogP contribution is -2.22. The fourth-order valence-corrected chi connectivity index (χ4v) is 3.20. The Morgan fingerprint density at radius 3 is 2.85 bits per heavy atom. The average Bonchev–Trinajstić information content (AvgIpc) is 2.48. The van der Waals surface area contributed by atoms with Gasteiger partial charge in [0.1, 0.15) is 5.75 Å². The molecule has 110 valence electrons. The van der Waals surface area contributed by atoms with Crippen molar-refractivity contribution in [1.29, 1.82) is 0 Å². The zero-order chi connectivity index (χ0) is 14.4. The largest absolute Gasteiger partial charge is 0.497 e. The van der Waals surface area contributed by atoms with Gasteiger partial charge in [-0.05, 0) is 49.3 Å². The summed E-state index contributed by atoms with van der Waals surface area (Å²) in [6.07, 6.45) is 5.25. The summed E-state index contributed by atoms with van der Waals surface area (Å²) in [7, 11) is 1.69. The van der Waals surface area contributed by atoms with Crippen molar-refractivity contribution in [2.75, 3.05) is 13.7 Å². The van der Waals surface area contributed by atoms with Crippen molar-refractivity contribution in [3.63, 3.8) is 0 Å². The van der Waals surface area contributed by atoms with Gasteiger partial charge in [0.2, 0.25) is 0 Å². The molecule has 1 aliphatic carbocycles. The van der Waals surface area contributed by atoms with Gasteiger partial charge in [0.05, 0.1) is 13.7 Å². The summed E-state index contributed by atoms with van der Waals surface area (Å²) in [4.78, 5) is 11.8. The van der Waals surface area contributed by atoms with E-state index in [2.05, 4.69) is 12.1 Å². The van der Waals surface area contributed by atoms with Gasteiger partial charge in [-0.2, -0.15) is 0 Å². The molecule has 0 spiro atoms. The summed E-state index contributed by atoms with van der Waals surface area (Å²) in [5.74, 6) is 1.67. The van der Waals surface area contributed by atoms with Crippen LogP contribution in [0.3, 0.4) is 0 Å². The molecule has 2 atom stereocenters. The lowest BCUT2D eigenvalue weighted by atomic mass is 9.74. The SMILES string of the molecule is CCOC(=O)C[C@H]1CCCC[C@H]1c1cccc(OC)c1. The van der Waals surface area contributed by atoms with Gasteiger partial charge in [0.25, 0.3) is 0 Å². The molecule has 3 nitrogen and oxygen atoms in total. The average molecular weight is 276 g/mol. The summed E-state index contributed by atoms with van der Waals surface area (Å²) >= 11 is 0. The second-order valence-corrected chi connectivity index (χ2v) is 5.44. The van der Waals surface area contributed by atoms with Crippen molar-refractivity contribution >= 4 is 5.97 Å². The maximum Gasteiger partial charge on any atom is 0.306 e. The highest BCUT2D eigenvalue weighted by atomic mass is 16.5. The Hall–Kier alpha value is -1.51. The van der Waals surface area contributed by atoms with Crippen LogP contribution in [0, 0.1) is 5.92 Å². The lowest BCUT2D eigenvalue weighted by molar-refractivity contribution is -0.144. The van der Waals surface area contributed by atoms with E-state index in [1.54, 1.807) is 7.11 Å². The second kappa shape index (κ2) is 7.32. The van der Waals surface area contributed by atoms with Gasteiger partial charge in [0, 0.05) is 6.42 Å². The quantitative estimate of drug-likeness (QED) is 0.765. The minimum absolute atomic E-state index is 0.0627. The number of benzene rings is 1. The van der Waals surface area contributed by atoms with Crippen molar-refractivity contribution in [1.82, 2.24) is 0 Å². The Bertz CT molecular complexity index is 442. The minimum atomic E-state index is -0.0627. The highest BCUT2D eigenvalue weighted by molar-refractivity contribution is 5.69. The Labute approximate surface area is 121 Å². The molecule has 2 rings (SSSR count). The third-order valence-electron chi connectivity index (χ3n) is 4.17. The fourth-order valence-electron chi connectivity index (χ4n) is 3.20. The van der Waals surface area contributed by atoms with Gasteiger partial charge in [-0.3, -0.25) is 4.79 Å². The first-order chi connectivity index (χ1) is 9.74. The monoisotopic (exact) mass is 276 g/mol. The van der Waals surface area contributed by atoms with Crippen LogP contribution in [0.2, 0.25) is 0 Å². The van der Waals surface area contributed by atoms with Gasteiger partial charge in [0.15, 0.2) is 0 Å². The third-order valence-corrected chi connectivity index (χ3v) is 4.17. The molecule has 0 saturated heterocycles. The molecule has 0 amide bonds. The number of hydrogen-bond donors (Lipinski definition) is 0. The smallest absolute Gasteiger partial charge is 0.306 e. The lowest BCUT2D eigenvalue weighted by Gasteiger charge is -2.31. The summed E-state index contributed by atoms with van der Waals surface area (Å²) in [6, 6.07) is 8.25. The van der Waals surface area contributed by atoms with E-state index in [0.29, 0.717) is 24.9 Å². The van der Waals surface area contributed by atoms with Crippen LogP contribution in [0.25, 0.3) is 0 Å². The zero-order valence-corrected chi connectivity index (χ0v) is 12.4. The number of esters is 1. The molecule has 0 unspecified atom stereocenters. The van der Waals surface area contributed by atoms with E-state index < -0.39 is 0 Å². The normalized spacial score (nSPS) is 22.3. The molecule has 3 heteroatoms. The number of methoxy groups -OCH3 is 1. The number of hydrogen-bond acceptors (Lipinski definition) is 3. The predicted molar refractivity (Wildman–Crippen MR) is 78.9 cm³/mol. The predicted octanol–water partition coefficient (Wildman–Crippen LogP) is 3.92. The minimum Gasteiger partial charge on any atom is -0.497 e. The zero-order valence-electron chi connectivity index (χ0n) is 12.4. The van der Waals surface area contributed by atoms with Crippen molar-refractivity contribution < 1.29 is 14.3 Å². The van der Waals surface area contributed by atoms with Crippen molar-refractivity contribution in [3.8, 4) is 5.75 Å². The van der Waals surface area contributed by atoms with Gasteiger partial charge < -0.3 is 9.47 Å². The molecular weight excluding hydrogens is 252 g/mol. The van der Waals surface area contributed by atoms with E-state index in [1.807, 2.05) is 19.1 Å². The number of carbonyl (C=O) groups excluding carboxylic acids is 1. The molecule has 1 fully saturated rings. The molecule has 0 N–H and O–H groups in total. The van der Waals surface area contributed by atoms with Gasteiger partial charge >= 0.3 is 5.97 Å². The van der Waals surface area contributed by atoms with Crippen LogP contribution < -0.4 is 4.74 Å². The second-order valence-electron chi connectivity index (χ2n) is 5.44. The van der Waals surface area contributed by atoms with Crippen LogP contribution >= 0.6 is 0 Å². The maximum atomic E-state index is 11.8. The first-order valence-corrected chi connectivity index (χ1v) is 7.54. The van der Waals surface area contributed by atoms with Crippen LogP contribution in [-0.2, 0) is 9.53 Å². The molecule has 0 aromatic heterocycles. The summed E-state index contributed by atoms with van der Waals surface area (Å²) in [6.45, 7) is 2.33. The third kappa shape index (κ3) is 3.75. The van der Waals surface area contributed by atoms with Gasteiger partial charge in [-0.25, -0.2) is 0 Å². The molecule has 1 aromatic carbocycles. The van der Waals surface area contributed by atoms with E-state index in [9.17, 15) is 4.79 Å². The fraction of sp³-hybridized carbons (Fsp3) is 0.588. The first-order valence-electron chi connectivity index (χ1n) is 7.54. The van der Waals surface area contributed by atoms with E-state index >= 15 is 0 Å².